The van der Waals surface area contributed by atoms with Crippen molar-refractivity contribution in [2.75, 3.05) is 6.61 Å². The van der Waals surface area contributed by atoms with E-state index in [1.165, 1.54) is 0 Å². The van der Waals surface area contributed by atoms with Gasteiger partial charge < -0.3 is 15.2 Å². The average Bonchev–Trinajstić information content (AvgIpc) is 2.23. The quantitative estimate of drug-likeness (QED) is 0.428. The Hall–Kier alpha value is -1.10. The second-order valence-electron chi connectivity index (χ2n) is 4.00. The Labute approximate surface area is 96.3 Å². The van der Waals surface area contributed by atoms with E-state index in [0.717, 1.165) is 19.3 Å². The number of unbranched alkanes of at least 4 members (excludes halogenated alkanes) is 2. The largest absolute Gasteiger partial charge is 0.516 e. The summed E-state index contributed by atoms with van der Waals surface area (Å²) in [6.07, 6.45) is 1.83. The molecule has 5 nitrogen and oxygen atoms in total. The minimum Gasteiger partial charge on any atom is -0.434 e. The van der Waals surface area contributed by atoms with Gasteiger partial charge in [0.25, 0.3) is 0 Å². The molecule has 0 saturated carbocycles. The van der Waals surface area contributed by atoms with Crippen molar-refractivity contribution in [2.45, 2.75) is 46.1 Å². The number of ether oxygens (including phenoxy) is 2. The molecule has 5 heteroatoms. The number of carbonyl (C=O) groups excluding carboxylic acids is 2. The van der Waals surface area contributed by atoms with Gasteiger partial charge in [0.2, 0.25) is 0 Å². The highest BCUT2D eigenvalue weighted by Gasteiger charge is 2.22. The standard InChI is InChI=1S/C11H21NO4/c1-4-5-6-7-15-11(14)16-10(13)9(12)8(2)3/h8-9H,4-7,12H2,1-3H3/t9-/m1/s1. The summed E-state index contributed by atoms with van der Waals surface area (Å²) in [7, 11) is 0. The van der Waals surface area contributed by atoms with Crippen LogP contribution >= 0.6 is 0 Å². The fraction of sp³-hybridized carbons (Fsp3) is 0.818. The summed E-state index contributed by atoms with van der Waals surface area (Å²) in [5.41, 5.74) is 5.50. The topological polar surface area (TPSA) is 78.6 Å². The molecule has 0 aromatic heterocycles. The van der Waals surface area contributed by atoms with Crippen LogP contribution in [0.1, 0.15) is 40.0 Å². The minimum absolute atomic E-state index is 0.0691. The maximum absolute atomic E-state index is 11.2. The van der Waals surface area contributed by atoms with Crippen LogP contribution in [0.2, 0.25) is 0 Å². The van der Waals surface area contributed by atoms with Crippen molar-refractivity contribution in [1.82, 2.24) is 0 Å². The minimum atomic E-state index is -0.961. The van der Waals surface area contributed by atoms with Gasteiger partial charge in [-0.15, -0.1) is 0 Å². The molecule has 0 bridgehead atoms. The molecule has 0 aliphatic heterocycles. The highest BCUT2D eigenvalue weighted by atomic mass is 16.7. The van der Waals surface area contributed by atoms with Gasteiger partial charge in [0.15, 0.2) is 0 Å². The van der Waals surface area contributed by atoms with E-state index in [9.17, 15) is 9.59 Å². The van der Waals surface area contributed by atoms with Gasteiger partial charge in [-0.1, -0.05) is 33.6 Å². The smallest absolute Gasteiger partial charge is 0.434 e. The number of carbonyl (C=O) groups is 2. The van der Waals surface area contributed by atoms with E-state index in [2.05, 4.69) is 4.74 Å². The van der Waals surface area contributed by atoms with E-state index in [1.807, 2.05) is 6.92 Å². The van der Waals surface area contributed by atoms with Gasteiger partial charge in [0, 0.05) is 0 Å². The molecular weight excluding hydrogens is 210 g/mol. The summed E-state index contributed by atoms with van der Waals surface area (Å²) in [5.74, 6) is -0.809. The Kier molecular flexibility index (Phi) is 7.54. The number of nitrogens with two attached hydrogens (primary N) is 1. The van der Waals surface area contributed by atoms with E-state index in [1.54, 1.807) is 13.8 Å². The normalized spacial score (nSPS) is 12.3. The molecule has 0 rings (SSSR count). The molecule has 0 aromatic rings. The van der Waals surface area contributed by atoms with Crippen LogP contribution in [0.5, 0.6) is 0 Å². The maximum Gasteiger partial charge on any atom is 0.516 e. The van der Waals surface area contributed by atoms with Gasteiger partial charge in [-0.2, -0.15) is 0 Å². The van der Waals surface area contributed by atoms with Gasteiger partial charge >= 0.3 is 12.1 Å². The van der Waals surface area contributed by atoms with Gasteiger partial charge in [-0.3, -0.25) is 0 Å². The lowest BCUT2D eigenvalue weighted by molar-refractivity contribution is -0.142. The first kappa shape index (κ1) is 14.9. The summed E-state index contributed by atoms with van der Waals surface area (Å²) in [4.78, 5) is 22.3. The first-order valence-corrected chi connectivity index (χ1v) is 5.63. The molecule has 0 spiro atoms. The molecular formula is C11H21NO4. The zero-order valence-electron chi connectivity index (χ0n) is 10.2. The van der Waals surface area contributed by atoms with Crippen molar-refractivity contribution in [3.8, 4) is 0 Å². The lowest BCUT2D eigenvalue weighted by Crippen LogP contribution is -2.38. The van der Waals surface area contributed by atoms with Crippen LogP contribution in [0.25, 0.3) is 0 Å². The molecule has 2 N–H and O–H groups in total. The van der Waals surface area contributed by atoms with Crippen LogP contribution in [0.4, 0.5) is 4.79 Å². The first-order valence-electron chi connectivity index (χ1n) is 5.63. The van der Waals surface area contributed by atoms with Gasteiger partial charge in [0.1, 0.15) is 6.04 Å². The molecule has 0 aliphatic rings. The Morgan fingerprint density at radius 3 is 2.38 bits per heavy atom. The summed E-state index contributed by atoms with van der Waals surface area (Å²) >= 11 is 0. The van der Waals surface area contributed by atoms with Crippen LogP contribution in [0.15, 0.2) is 0 Å². The van der Waals surface area contributed by atoms with Crippen LogP contribution in [0.3, 0.4) is 0 Å². The molecule has 1 atom stereocenters. The fourth-order valence-corrected chi connectivity index (χ4v) is 0.959. The van der Waals surface area contributed by atoms with E-state index >= 15 is 0 Å². The lowest BCUT2D eigenvalue weighted by atomic mass is 10.1. The summed E-state index contributed by atoms with van der Waals surface area (Å²) in [5, 5.41) is 0. The third-order valence-electron chi connectivity index (χ3n) is 2.14. The van der Waals surface area contributed by atoms with Gasteiger partial charge in [-0.25, -0.2) is 9.59 Å². The first-order chi connectivity index (χ1) is 7.49. The third kappa shape index (κ3) is 6.40. The van der Waals surface area contributed by atoms with Crippen molar-refractivity contribution < 1.29 is 19.1 Å². The van der Waals surface area contributed by atoms with Crippen LogP contribution < -0.4 is 5.73 Å². The van der Waals surface area contributed by atoms with Crippen LogP contribution in [-0.2, 0) is 14.3 Å². The molecule has 0 saturated heterocycles. The highest BCUT2D eigenvalue weighted by molar-refractivity contribution is 5.85. The lowest BCUT2D eigenvalue weighted by Gasteiger charge is -2.13. The van der Waals surface area contributed by atoms with Crippen molar-refractivity contribution in [3.05, 3.63) is 0 Å². The second-order valence-corrected chi connectivity index (χ2v) is 4.00. The molecule has 0 aromatic carbocycles. The van der Waals surface area contributed by atoms with E-state index in [-0.39, 0.29) is 12.5 Å². The molecule has 0 heterocycles. The van der Waals surface area contributed by atoms with Crippen LogP contribution in [0, 0.1) is 5.92 Å². The molecule has 0 amide bonds. The summed E-state index contributed by atoms with van der Waals surface area (Å²) in [6, 6.07) is -0.789. The highest BCUT2D eigenvalue weighted by Crippen LogP contribution is 2.02. The molecule has 0 radical (unpaired) electrons. The van der Waals surface area contributed by atoms with Gasteiger partial charge in [-0.05, 0) is 12.3 Å². The van der Waals surface area contributed by atoms with E-state index in [4.69, 9.17) is 10.5 Å². The maximum atomic E-state index is 11.2. The zero-order valence-corrected chi connectivity index (χ0v) is 10.2. The average molecular weight is 231 g/mol. The Morgan fingerprint density at radius 2 is 1.88 bits per heavy atom. The molecule has 0 unspecified atom stereocenters. The zero-order chi connectivity index (χ0) is 12.6. The Balaban J connectivity index is 3.74. The number of rotatable bonds is 6. The molecule has 94 valence electrons. The predicted octanol–water partition coefficient (Wildman–Crippen LogP) is 1.84. The third-order valence-corrected chi connectivity index (χ3v) is 2.14. The van der Waals surface area contributed by atoms with Crippen molar-refractivity contribution >= 4 is 12.1 Å². The van der Waals surface area contributed by atoms with Crippen LogP contribution in [-0.4, -0.2) is 24.8 Å². The van der Waals surface area contributed by atoms with E-state index in [0.29, 0.717) is 0 Å². The Morgan fingerprint density at radius 1 is 1.25 bits per heavy atom. The summed E-state index contributed by atoms with van der Waals surface area (Å²) < 4.78 is 9.14. The van der Waals surface area contributed by atoms with Crippen molar-refractivity contribution in [3.63, 3.8) is 0 Å². The number of hydrogen-bond acceptors (Lipinski definition) is 5. The fourth-order valence-electron chi connectivity index (χ4n) is 0.959. The van der Waals surface area contributed by atoms with Gasteiger partial charge in [0.05, 0.1) is 6.61 Å². The monoisotopic (exact) mass is 231 g/mol. The van der Waals surface area contributed by atoms with Crippen molar-refractivity contribution in [2.24, 2.45) is 11.7 Å². The summed E-state index contributed by atoms with van der Waals surface area (Å²) in [6.45, 7) is 5.87. The number of esters is 1. The molecule has 16 heavy (non-hydrogen) atoms. The predicted molar refractivity (Wildman–Crippen MR) is 59.8 cm³/mol. The second kappa shape index (κ2) is 8.10. The SMILES string of the molecule is CCCCCOC(=O)OC(=O)[C@H](N)C(C)C. The number of hydrogen-bond donors (Lipinski definition) is 1. The van der Waals surface area contributed by atoms with Crippen molar-refractivity contribution in [1.29, 1.82) is 0 Å². The van der Waals surface area contributed by atoms with E-state index < -0.39 is 18.2 Å². The molecule has 0 aliphatic carbocycles. The Bertz CT molecular complexity index is 228. The molecule has 0 fully saturated rings.